The van der Waals surface area contributed by atoms with Crippen LogP contribution in [0.2, 0.25) is 5.02 Å². The molecule has 2 N–H and O–H groups in total. The monoisotopic (exact) mass is 356 g/mol. The Balaban J connectivity index is 2.43. The SMILES string of the molecule is CNc1ccc([N+](=O)[O-])c(Nc2ccc(Br)cc2Cl)n1. The number of aromatic nitrogens is 1. The molecule has 0 aliphatic rings. The van der Waals surface area contributed by atoms with Gasteiger partial charge >= 0.3 is 5.69 Å². The smallest absolute Gasteiger partial charge is 0.311 e. The maximum absolute atomic E-state index is 11.0. The zero-order valence-electron chi connectivity index (χ0n) is 10.4. The van der Waals surface area contributed by atoms with E-state index in [9.17, 15) is 10.1 Å². The molecular formula is C12H10BrClN4O2. The van der Waals surface area contributed by atoms with Crippen LogP contribution < -0.4 is 10.6 Å². The van der Waals surface area contributed by atoms with Crippen molar-refractivity contribution in [3.63, 3.8) is 0 Å². The number of hydrogen-bond donors (Lipinski definition) is 2. The molecule has 0 aliphatic heterocycles. The predicted molar refractivity (Wildman–Crippen MR) is 82.9 cm³/mol. The van der Waals surface area contributed by atoms with Crippen molar-refractivity contribution in [1.29, 1.82) is 0 Å². The second kappa shape index (κ2) is 6.06. The summed E-state index contributed by atoms with van der Waals surface area (Å²) in [7, 11) is 1.69. The summed E-state index contributed by atoms with van der Waals surface area (Å²) < 4.78 is 0.819. The molecule has 0 saturated carbocycles. The summed E-state index contributed by atoms with van der Waals surface area (Å²) in [5.74, 6) is 0.650. The van der Waals surface area contributed by atoms with Gasteiger partial charge in [0.15, 0.2) is 0 Å². The van der Waals surface area contributed by atoms with E-state index in [0.717, 1.165) is 4.47 Å². The molecule has 0 unspecified atom stereocenters. The molecule has 1 heterocycles. The fourth-order valence-corrected chi connectivity index (χ4v) is 2.27. The van der Waals surface area contributed by atoms with E-state index in [1.807, 2.05) is 0 Å². The van der Waals surface area contributed by atoms with Crippen LogP contribution in [0.3, 0.4) is 0 Å². The molecular weight excluding hydrogens is 348 g/mol. The second-order valence-corrected chi connectivity index (χ2v) is 5.14. The predicted octanol–water partition coefficient (Wildman–Crippen LogP) is 4.19. The van der Waals surface area contributed by atoms with Crippen LogP contribution in [0.4, 0.5) is 23.0 Å². The second-order valence-electron chi connectivity index (χ2n) is 3.82. The minimum atomic E-state index is -0.498. The van der Waals surface area contributed by atoms with Crippen molar-refractivity contribution < 1.29 is 4.92 Å². The summed E-state index contributed by atoms with van der Waals surface area (Å²) in [6.45, 7) is 0. The maximum atomic E-state index is 11.0. The number of rotatable bonds is 4. The Labute approximate surface area is 128 Å². The van der Waals surface area contributed by atoms with Crippen LogP contribution in [-0.2, 0) is 0 Å². The van der Waals surface area contributed by atoms with E-state index in [2.05, 4.69) is 31.5 Å². The average Bonchev–Trinajstić information content (AvgIpc) is 2.41. The molecule has 2 rings (SSSR count). The minimum absolute atomic E-state index is 0.122. The van der Waals surface area contributed by atoms with E-state index >= 15 is 0 Å². The lowest BCUT2D eigenvalue weighted by Gasteiger charge is -2.09. The molecule has 8 heteroatoms. The molecule has 0 bridgehead atoms. The van der Waals surface area contributed by atoms with Crippen LogP contribution in [0.15, 0.2) is 34.8 Å². The number of nitro groups is 1. The Morgan fingerprint density at radius 2 is 2.10 bits per heavy atom. The Morgan fingerprint density at radius 3 is 2.70 bits per heavy atom. The Hall–Kier alpha value is -1.86. The van der Waals surface area contributed by atoms with Crippen molar-refractivity contribution in [3.8, 4) is 0 Å². The highest BCUT2D eigenvalue weighted by atomic mass is 79.9. The van der Waals surface area contributed by atoms with Gasteiger partial charge in [-0.3, -0.25) is 10.1 Å². The van der Waals surface area contributed by atoms with Gasteiger partial charge in [-0.25, -0.2) is 4.98 Å². The first-order chi connectivity index (χ1) is 9.51. The zero-order valence-corrected chi connectivity index (χ0v) is 12.7. The molecule has 0 fully saturated rings. The highest BCUT2D eigenvalue weighted by molar-refractivity contribution is 9.10. The van der Waals surface area contributed by atoms with Crippen LogP contribution in [0.1, 0.15) is 0 Å². The summed E-state index contributed by atoms with van der Waals surface area (Å²) in [6, 6.07) is 8.10. The first-order valence-electron chi connectivity index (χ1n) is 5.56. The minimum Gasteiger partial charge on any atom is -0.373 e. The molecule has 0 aliphatic carbocycles. The summed E-state index contributed by atoms with van der Waals surface area (Å²) in [4.78, 5) is 14.7. The van der Waals surface area contributed by atoms with Crippen LogP contribution in [0, 0.1) is 10.1 Å². The number of pyridine rings is 1. The van der Waals surface area contributed by atoms with Crippen LogP contribution in [0.25, 0.3) is 0 Å². The lowest BCUT2D eigenvalue weighted by molar-refractivity contribution is -0.384. The zero-order chi connectivity index (χ0) is 14.7. The quantitative estimate of drug-likeness (QED) is 0.633. The Morgan fingerprint density at radius 1 is 1.35 bits per heavy atom. The average molecular weight is 358 g/mol. The van der Waals surface area contributed by atoms with E-state index in [1.54, 1.807) is 25.2 Å². The molecule has 2 aromatic rings. The van der Waals surface area contributed by atoms with E-state index < -0.39 is 4.92 Å². The molecule has 1 aromatic heterocycles. The van der Waals surface area contributed by atoms with Crippen molar-refractivity contribution >= 4 is 50.5 Å². The number of nitrogens with zero attached hydrogens (tertiary/aromatic N) is 2. The first-order valence-corrected chi connectivity index (χ1v) is 6.73. The number of anilines is 3. The lowest BCUT2D eigenvalue weighted by Crippen LogP contribution is -2.02. The van der Waals surface area contributed by atoms with Crippen LogP contribution in [-0.4, -0.2) is 17.0 Å². The molecule has 20 heavy (non-hydrogen) atoms. The summed E-state index contributed by atoms with van der Waals surface area (Å²) in [6.07, 6.45) is 0. The van der Waals surface area contributed by atoms with E-state index in [0.29, 0.717) is 16.5 Å². The third kappa shape index (κ3) is 3.17. The molecule has 6 nitrogen and oxygen atoms in total. The van der Waals surface area contributed by atoms with Gasteiger partial charge in [-0.2, -0.15) is 0 Å². The van der Waals surface area contributed by atoms with Crippen LogP contribution in [0.5, 0.6) is 0 Å². The largest absolute Gasteiger partial charge is 0.373 e. The molecule has 104 valence electrons. The van der Waals surface area contributed by atoms with Crippen molar-refractivity contribution in [3.05, 3.63) is 49.9 Å². The molecule has 0 radical (unpaired) electrons. The standard InChI is InChI=1S/C12H10BrClN4O2/c1-15-11-5-4-10(18(19)20)12(17-11)16-9-3-2-7(13)6-8(9)14/h2-6H,1H3,(H2,15,16,17). The van der Waals surface area contributed by atoms with E-state index in [1.165, 1.54) is 12.1 Å². The fourth-order valence-electron chi connectivity index (χ4n) is 1.55. The molecule has 0 atom stereocenters. The van der Waals surface area contributed by atoms with Gasteiger partial charge < -0.3 is 10.6 Å². The molecule has 0 amide bonds. The highest BCUT2D eigenvalue weighted by Gasteiger charge is 2.17. The van der Waals surface area contributed by atoms with Crippen molar-refractivity contribution in [2.75, 3.05) is 17.7 Å². The van der Waals surface area contributed by atoms with Crippen molar-refractivity contribution in [2.45, 2.75) is 0 Å². The molecule has 0 saturated heterocycles. The van der Waals surface area contributed by atoms with E-state index in [-0.39, 0.29) is 11.5 Å². The van der Waals surface area contributed by atoms with Crippen molar-refractivity contribution in [2.24, 2.45) is 0 Å². The number of nitrogens with one attached hydrogen (secondary N) is 2. The topological polar surface area (TPSA) is 80.1 Å². The van der Waals surface area contributed by atoms with Gasteiger partial charge in [-0.05, 0) is 24.3 Å². The Bertz CT molecular complexity index is 666. The van der Waals surface area contributed by atoms with Gasteiger partial charge in [0.1, 0.15) is 5.82 Å². The van der Waals surface area contributed by atoms with Gasteiger partial charge in [0.25, 0.3) is 0 Å². The molecule has 1 aromatic carbocycles. The summed E-state index contributed by atoms with van der Waals surface area (Å²) >= 11 is 9.38. The maximum Gasteiger partial charge on any atom is 0.311 e. The number of halogens is 2. The van der Waals surface area contributed by atoms with E-state index in [4.69, 9.17) is 11.6 Å². The van der Waals surface area contributed by atoms with Gasteiger partial charge in [0, 0.05) is 17.6 Å². The lowest BCUT2D eigenvalue weighted by atomic mass is 10.3. The third-order valence-corrected chi connectivity index (χ3v) is 3.32. The summed E-state index contributed by atoms with van der Waals surface area (Å²) in [5.41, 5.74) is 0.418. The highest BCUT2D eigenvalue weighted by Crippen LogP contribution is 2.32. The summed E-state index contributed by atoms with van der Waals surface area (Å²) in [5, 5.41) is 17.2. The first kappa shape index (κ1) is 14.5. The van der Waals surface area contributed by atoms with Gasteiger partial charge in [0.05, 0.1) is 15.6 Å². The van der Waals surface area contributed by atoms with Gasteiger partial charge in [-0.15, -0.1) is 0 Å². The van der Waals surface area contributed by atoms with Gasteiger partial charge in [-0.1, -0.05) is 27.5 Å². The molecule has 0 spiro atoms. The van der Waals surface area contributed by atoms with Gasteiger partial charge in [0.2, 0.25) is 5.82 Å². The number of hydrogen-bond acceptors (Lipinski definition) is 5. The fraction of sp³-hybridized carbons (Fsp3) is 0.0833. The Kier molecular flexibility index (Phi) is 4.41. The third-order valence-electron chi connectivity index (χ3n) is 2.51. The number of benzene rings is 1. The normalized spacial score (nSPS) is 10.2. The van der Waals surface area contributed by atoms with Crippen LogP contribution >= 0.6 is 27.5 Å². The van der Waals surface area contributed by atoms with Crippen molar-refractivity contribution in [1.82, 2.24) is 4.98 Å².